The van der Waals surface area contributed by atoms with Gasteiger partial charge in [-0.15, -0.1) is 0 Å². The van der Waals surface area contributed by atoms with E-state index in [0.29, 0.717) is 19.4 Å². The fourth-order valence-electron chi connectivity index (χ4n) is 2.53. The molecular formula is C16H19NO4. The van der Waals surface area contributed by atoms with Crippen molar-refractivity contribution in [3.63, 3.8) is 0 Å². The smallest absolute Gasteiger partial charge is 0.409 e. The number of benzene rings is 1. The van der Waals surface area contributed by atoms with Crippen molar-refractivity contribution in [2.45, 2.75) is 18.9 Å². The molecule has 1 saturated heterocycles. The van der Waals surface area contributed by atoms with Crippen LogP contribution in [0.2, 0.25) is 0 Å². The minimum atomic E-state index is -0.808. The predicted octanol–water partition coefficient (Wildman–Crippen LogP) is 2.63. The molecule has 1 fully saturated rings. The number of likely N-dealkylation sites (tertiary alicyclic amines) is 1. The van der Waals surface area contributed by atoms with Gasteiger partial charge in [-0.3, -0.25) is 4.79 Å². The van der Waals surface area contributed by atoms with Crippen molar-refractivity contribution in [3.8, 4) is 0 Å². The van der Waals surface area contributed by atoms with E-state index in [0.717, 1.165) is 5.56 Å². The Bertz CT molecular complexity index is 526. The molecule has 0 bridgehead atoms. The fourth-order valence-corrected chi connectivity index (χ4v) is 2.53. The first-order chi connectivity index (χ1) is 10.1. The van der Waals surface area contributed by atoms with Crippen LogP contribution in [0.5, 0.6) is 0 Å². The molecule has 0 saturated carbocycles. The molecule has 1 aliphatic rings. The van der Waals surface area contributed by atoms with Crippen molar-refractivity contribution in [2.24, 2.45) is 5.92 Å². The number of piperidine rings is 1. The zero-order valence-corrected chi connectivity index (χ0v) is 11.9. The van der Waals surface area contributed by atoms with Gasteiger partial charge in [0.15, 0.2) is 0 Å². The van der Waals surface area contributed by atoms with E-state index in [2.05, 4.69) is 0 Å². The molecule has 1 amide bonds. The summed E-state index contributed by atoms with van der Waals surface area (Å²) in [4.78, 5) is 24.5. The summed E-state index contributed by atoms with van der Waals surface area (Å²) in [7, 11) is 1.34. The molecule has 1 aromatic rings. The number of rotatable bonds is 3. The van der Waals surface area contributed by atoms with E-state index < -0.39 is 18.0 Å². The van der Waals surface area contributed by atoms with Crippen LogP contribution in [0.25, 0.3) is 6.08 Å². The van der Waals surface area contributed by atoms with Gasteiger partial charge in [-0.1, -0.05) is 42.5 Å². The van der Waals surface area contributed by atoms with Gasteiger partial charge in [0.1, 0.15) is 0 Å². The minimum absolute atomic E-state index is 0.257. The van der Waals surface area contributed by atoms with Crippen molar-refractivity contribution in [1.82, 2.24) is 4.90 Å². The molecule has 0 aromatic heterocycles. The quantitative estimate of drug-likeness (QED) is 0.929. The van der Waals surface area contributed by atoms with Gasteiger partial charge in [0.2, 0.25) is 0 Å². The zero-order chi connectivity index (χ0) is 15.2. The summed E-state index contributed by atoms with van der Waals surface area (Å²) < 4.78 is 4.77. The first kappa shape index (κ1) is 15.1. The molecule has 2 atom stereocenters. The summed E-state index contributed by atoms with van der Waals surface area (Å²) in [6.45, 7) is 0.396. The summed E-state index contributed by atoms with van der Waals surface area (Å²) in [6.07, 6.45) is 4.24. The summed E-state index contributed by atoms with van der Waals surface area (Å²) in [5.74, 6) is -1.23. The highest BCUT2D eigenvalue weighted by molar-refractivity contribution is 5.72. The van der Waals surface area contributed by atoms with E-state index in [1.54, 1.807) is 4.90 Å². The van der Waals surface area contributed by atoms with Gasteiger partial charge in [-0.25, -0.2) is 4.79 Å². The second kappa shape index (κ2) is 6.92. The Kier molecular flexibility index (Phi) is 4.98. The standard InChI is InChI=1S/C16H19NO4/c1-21-16(20)17-10-9-13(15(18)19)11-14(17)8-7-12-5-3-2-4-6-12/h2-8,13-14H,9-11H2,1H3,(H,18,19). The molecule has 5 nitrogen and oxygen atoms in total. The molecule has 1 aromatic carbocycles. The highest BCUT2D eigenvalue weighted by Crippen LogP contribution is 2.25. The van der Waals surface area contributed by atoms with Crippen LogP contribution in [0.15, 0.2) is 36.4 Å². The fraction of sp³-hybridized carbons (Fsp3) is 0.375. The third kappa shape index (κ3) is 3.84. The van der Waals surface area contributed by atoms with Crippen LogP contribution in [0, 0.1) is 5.92 Å². The number of carbonyl (C=O) groups excluding carboxylic acids is 1. The van der Waals surface area contributed by atoms with E-state index >= 15 is 0 Å². The van der Waals surface area contributed by atoms with E-state index in [4.69, 9.17) is 9.84 Å². The maximum atomic E-state index is 11.8. The summed E-state index contributed by atoms with van der Waals surface area (Å²) in [6, 6.07) is 9.44. The van der Waals surface area contributed by atoms with Crippen molar-refractivity contribution in [3.05, 3.63) is 42.0 Å². The van der Waals surface area contributed by atoms with Crippen LogP contribution >= 0.6 is 0 Å². The lowest BCUT2D eigenvalue weighted by Crippen LogP contribution is -2.46. The average Bonchev–Trinajstić information content (AvgIpc) is 2.52. The number of aliphatic carboxylic acids is 1. The Hall–Kier alpha value is -2.30. The van der Waals surface area contributed by atoms with Gasteiger partial charge in [0.25, 0.3) is 0 Å². The zero-order valence-electron chi connectivity index (χ0n) is 11.9. The van der Waals surface area contributed by atoms with Crippen molar-refractivity contribution >= 4 is 18.1 Å². The molecule has 1 N–H and O–H groups in total. The number of ether oxygens (including phenoxy) is 1. The Balaban J connectivity index is 2.14. The monoisotopic (exact) mass is 289 g/mol. The van der Waals surface area contributed by atoms with E-state index in [1.807, 2.05) is 42.5 Å². The number of amides is 1. The molecule has 1 heterocycles. The Morgan fingerprint density at radius 1 is 1.33 bits per heavy atom. The third-order valence-electron chi connectivity index (χ3n) is 3.71. The second-order valence-electron chi connectivity index (χ2n) is 5.06. The van der Waals surface area contributed by atoms with Crippen molar-refractivity contribution in [1.29, 1.82) is 0 Å². The normalized spacial score (nSPS) is 22.2. The summed E-state index contributed by atoms with van der Waals surface area (Å²) in [5, 5.41) is 9.16. The second-order valence-corrected chi connectivity index (χ2v) is 5.06. The van der Waals surface area contributed by atoms with Crippen LogP contribution in [0.3, 0.4) is 0 Å². The molecule has 21 heavy (non-hydrogen) atoms. The van der Waals surface area contributed by atoms with Gasteiger partial charge < -0.3 is 14.7 Å². The van der Waals surface area contributed by atoms with Crippen molar-refractivity contribution < 1.29 is 19.4 Å². The van der Waals surface area contributed by atoms with Crippen molar-refractivity contribution in [2.75, 3.05) is 13.7 Å². The molecule has 112 valence electrons. The number of hydrogen-bond donors (Lipinski definition) is 1. The predicted molar refractivity (Wildman–Crippen MR) is 78.7 cm³/mol. The largest absolute Gasteiger partial charge is 0.481 e. The van der Waals surface area contributed by atoms with Crippen LogP contribution in [-0.4, -0.2) is 41.8 Å². The van der Waals surface area contributed by atoms with Gasteiger partial charge in [-0.2, -0.15) is 0 Å². The average molecular weight is 289 g/mol. The Morgan fingerprint density at radius 3 is 2.67 bits per heavy atom. The number of nitrogens with zero attached hydrogens (tertiary/aromatic N) is 1. The molecule has 5 heteroatoms. The topological polar surface area (TPSA) is 66.8 Å². The number of carbonyl (C=O) groups is 2. The third-order valence-corrected chi connectivity index (χ3v) is 3.71. The van der Waals surface area contributed by atoms with Gasteiger partial charge in [0, 0.05) is 6.54 Å². The summed E-state index contributed by atoms with van der Waals surface area (Å²) >= 11 is 0. The molecule has 0 radical (unpaired) electrons. The van der Waals surface area contributed by atoms with Gasteiger partial charge in [0.05, 0.1) is 19.1 Å². The van der Waals surface area contributed by atoms with Crippen LogP contribution in [-0.2, 0) is 9.53 Å². The molecule has 0 aliphatic carbocycles. The lowest BCUT2D eigenvalue weighted by molar-refractivity contribution is -0.143. The highest BCUT2D eigenvalue weighted by atomic mass is 16.5. The molecular weight excluding hydrogens is 270 g/mol. The van der Waals surface area contributed by atoms with Crippen LogP contribution < -0.4 is 0 Å². The molecule has 2 unspecified atom stereocenters. The van der Waals surface area contributed by atoms with Gasteiger partial charge >= 0.3 is 12.1 Å². The maximum absolute atomic E-state index is 11.8. The maximum Gasteiger partial charge on any atom is 0.409 e. The first-order valence-corrected chi connectivity index (χ1v) is 6.92. The number of hydrogen-bond acceptors (Lipinski definition) is 3. The van der Waals surface area contributed by atoms with E-state index in [9.17, 15) is 9.59 Å². The Labute approximate surface area is 123 Å². The van der Waals surface area contributed by atoms with Crippen LogP contribution in [0.1, 0.15) is 18.4 Å². The van der Waals surface area contributed by atoms with Crippen LogP contribution in [0.4, 0.5) is 4.79 Å². The molecule has 1 aliphatic heterocycles. The number of carboxylic acids is 1. The highest BCUT2D eigenvalue weighted by Gasteiger charge is 2.33. The SMILES string of the molecule is COC(=O)N1CCC(C(=O)O)CC1C=Cc1ccccc1. The Morgan fingerprint density at radius 2 is 2.05 bits per heavy atom. The minimum Gasteiger partial charge on any atom is -0.481 e. The van der Waals surface area contributed by atoms with Gasteiger partial charge in [-0.05, 0) is 18.4 Å². The molecule has 0 spiro atoms. The lowest BCUT2D eigenvalue weighted by atomic mass is 9.90. The molecule has 2 rings (SSSR count). The number of methoxy groups -OCH3 is 1. The first-order valence-electron chi connectivity index (χ1n) is 6.92. The van der Waals surface area contributed by atoms with E-state index in [1.165, 1.54) is 7.11 Å². The van der Waals surface area contributed by atoms with E-state index in [-0.39, 0.29) is 6.04 Å². The lowest BCUT2D eigenvalue weighted by Gasteiger charge is -2.35. The number of carboxylic acid groups (broad SMARTS) is 1. The summed E-state index contributed by atoms with van der Waals surface area (Å²) in [5.41, 5.74) is 1.01.